The van der Waals surface area contributed by atoms with Gasteiger partial charge < -0.3 is 14.6 Å². The molecular weight excluding hydrogens is 412 g/mol. The summed E-state index contributed by atoms with van der Waals surface area (Å²) in [5.74, 6) is -0.923. The van der Waals surface area contributed by atoms with Gasteiger partial charge in [0.15, 0.2) is 0 Å². The van der Waals surface area contributed by atoms with Crippen LogP contribution in [0.2, 0.25) is 0 Å². The number of carboxylic acids is 1. The van der Waals surface area contributed by atoms with Gasteiger partial charge in [0.25, 0.3) is 0 Å². The lowest BCUT2D eigenvalue weighted by atomic mass is 9.92. The van der Waals surface area contributed by atoms with Crippen molar-refractivity contribution in [3.63, 3.8) is 0 Å². The molecule has 0 saturated heterocycles. The van der Waals surface area contributed by atoms with E-state index in [0.717, 1.165) is 6.42 Å². The zero-order valence-electron chi connectivity index (χ0n) is 18.8. The zero-order valence-corrected chi connectivity index (χ0v) is 18.8. The number of para-hydroxylation sites is 2. The Hall–Kier alpha value is -2.61. The standard InChI is InChI=1S/C24H34N2O6/c1-2-31-24(30)18(14-13-17-9-5-3-4-6-10-17)25-19-16-32-21-12-8-7-11-20(21)26(23(19)29)15-22(27)28/h7-8,11-12,17-19,25H,2-6,9-10,13-16H2,1H3,(H,27,28)/t18?,19-/m0/s1. The molecule has 2 atom stereocenters. The maximum Gasteiger partial charge on any atom is 0.323 e. The molecule has 32 heavy (non-hydrogen) atoms. The van der Waals surface area contributed by atoms with Crippen molar-refractivity contribution in [3.05, 3.63) is 24.3 Å². The number of carboxylic acid groups (broad SMARTS) is 1. The van der Waals surface area contributed by atoms with Gasteiger partial charge in [-0.25, -0.2) is 0 Å². The molecule has 8 nitrogen and oxygen atoms in total. The molecule has 2 aliphatic rings. The number of hydrogen-bond acceptors (Lipinski definition) is 6. The van der Waals surface area contributed by atoms with E-state index in [9.17, 15) is 19.5 Å². The first-order valence-corrected chi connectivity index (χ1v) is 11.7. The van der Waals surface area contributed by atoms with Crippen LogP contribution in [0.4, 0.5) is 5.69 Å². The fraction of sp³-hybridized carbons (Fsp3) is 0.625. The second kappa shape index (κ2) is 11.9. The largest absolute Gasteiger partial charge is 0.489 e. The summed E-state index contributed by atoms with van der Waals surface area (Å²) in [7, 11) is 0. The molecule has 1 saturated carbocycles. The summed E-state index contributed by atoms with van der Waals surface area (Å²) in [4.78, 5) is 38.6. The highest BCUT2D eigenvalue weighted by Crippen LogP contribution is 2.31. The number of nitrogens with zero attached hydrogens (tertiary/aromatic N) is 1. The quantitative estimate of drug-likeness (QED) is 0.443. The SMILES string of the molecule is CCOC(=O)C(CCC1CCCCCC1)N[C@H]1COc2ccccc2N(CC(=O)O)C1=O. The number of anilines is 1. The lowest BCUT2D eigenvalue weighted by Crippen LogP contribution is -2.54. The van der Waals surface area contributed by atoms with Crippen LogP contribution in [0.1, 0.15) is 58.3 Å². The van der Waals surface area contributed by atoms with Crippen molar-refractivity contribution < 1.29 is 29.0 Å². The molecule has 0 radical (unpaired) electrons. The maximum absolute atomic E-state index is 13.3. The number of carbonyl (C=O) groups excluding carboxylic acids is 2. The van der Waals surface area contributed by atoms with Crippen LogP contribution in [0, 0.1) is 5.92 Å². The van der Waals surface area contributed by atoms with Crippen LogP contribution in [0.15, 0.2) is 24.3 Å². The van der Waals surface area contributed by atoms with Gasteiger partial charge in [0, 0.05) is 0 Å². The van der Waals surface area contributed by atoms with Gasteiger partial charge in [0.1, 0.15) is 31.0 Å². The minimum absolute atomic E-state index is 0.00526. The summed E-state index contributed by atoms with van der Waals surface area (Å²) >= 11 is 0. The van der Waals surface area contributed by atoms with E-state index in [4.69, 9.17) is 9.47 Å². The number of ether oxygens (including phenoxy) is 2. The van der Waals surface area contributed by atoms with Gasteiger partial charge in [-0.2, -0.15) is 0 Å². The molecule has 0 bridgehead atoms. The highest BCUT2D eigenvalue weighted by molar-refractivity contribution is 6.02. The molecule has 0 spiro atoms. The Morgan fingerprint density at radius 1 is 1.22 bits per heavy atom. The van der Waals surface area contributed by atoms with E-state index < -0.39 is 30.5 Å². The number of fused-ring (bicyclic) bond motifs is 1. The third-order valence-corrected chi connectivity index (χ3v) is 6.23. The maximum atomic E-state index is 13.3. The van der Waals surface area contributed by atoms with E-state index in [1.165, 1.54) is 43.4 Å². The van der Waals surface area contributed by atoms with Crippen LogP contribution in [0.25, 0.3) is 0 Å². The van der Waals surface area contributed by atoms with Crippen LogP contribution in [0.3, 0.4) is 0 Å². The summed E-state index contributed by atoms with van der Waals surface area (Å²) in [5, 5.41) is 12.5. The average molecular weight is 447 g/mol. The van der Waals surface area contributed by atoms with E-state index in [1.54, 1.807) is 31.2 Å². The molecule has 1 aromatic rings. The number of carbonyl (C=O) groups is 3. The summed E-state index contributed by atoms with van der Waals surface area (Å²) in [5.41, 5.74) is 0.412. The van der Waals surface area contributed by atoms with Crippen LogP contribution in [-0.2, 0) is 19.1 Å². The van der Waals surface area contributed by atoms with Crippen LogP contribution in [-0.4, -0.2) is 54.8 Å². The molecule has 2 N–H and O–H groups in total. The van der Waals surface area contributed by atoms with Crippen molar-refractivity contribution in [3.8, 4) is 5.75 Å². The third-order valence-electron chi connectivity index (χ3n) is 6.23. The molecule has 1 unspecified atom stereocenters. The molecule has 1 aliphatic heterocycles. The summed E-state index contributed by atoms with van der Waals surface area (Å²) in [6.07, 6.45) is 8.77. The van der Waals surface area contributed by atoms with Gasteiger partial charge in [0.05, 0.1) is 12.3 Å². The Labute approximate surface area is 189 Å². The molecule has 3 rings (SSSR count). The molecule has 1 amide bonds. The van der Waals surface area contributed by atoms with E-state index in [2.05, 4.69) is 5.32 Å². The zero-order chi connectivity index (χ0) is 22.9. The Morgan fingerprint density at radius 2 is 1.94 bits per heavy atom. The highest BCUT2D eigenvalue weighted by atomic mass is 16.5. The lowest BCUT2D eigenvalue weighted by molar-refractivity contribution is -0.146. The number of amides is 1. The predicted octanol–water partition coefficient (Wildman–Crippen LogP) is 3.14. The topological polar surface area (TPSA) is 105 Å². The fourth-order valence-electron chi connectivity index (χ4n) is 4.58. The molecule has 176 valence electrons. The van der Waals surface area contributed by atoms with Gasteiger partial charge in [-0.3, -0.25) is 24.6 Å². The normalized spacial score (nSPS) is 20.5. The molecule has 1 aliphatic carbocycles. The number of rotatable bonds is 9. The van der Waals surface area contributed by atoms with Gasteiger partial charge >= 0.3 is 11.9 Å². The van der Waals surface area contributed by atoms with Crippen molar-refractivity contribution in [2.24, 2.45) is 5.92 Å². The van der Waals surface area contributed by atoms with Crippen molar-refractivity contribution in [1.82, 2.24) is 5.32 Å². The lowest BCUT2D eigenvalue weighted by Gasteiger charge is -2.27. The molecule has 0 aromatic heterocycles. The first-order chi connectivity index (χ1) is 15.5. The predicted molar refractivity (Wildman–Crippen MR) is 120 cm³/mol. The van der Waals surface area contributed by atoms with Crippen LogP contribution >= 0.6 is 0 Å². The first-order valence-electron chi connectivity index (χ1n) is 11.7. The molecular formula is C24H34N2O6. The Balaban J connectivity index is 1.74. The van der Waals surface area contributed by atoms with E-state index in [0.29, 0.717) is 23.8 Å². The van der Waals surface area contributed by atoms with E-state index in [-0.39, 0.29) is 19.2 Å². The highest BCUT2D eigenvalue weighted by Gasteiger charge is 2.35. The summed E-state index contributed by atoms with van der Waals surface area (Å²) < 4.78 is 11.1. The van der Waals surface area contributed by atoms with Crippen molar-refractivity contribution in [1.29, 1.82) is 0 Å². The van der Waals surface area contributed by atoms with Gasteiger partial charge in [-0.15, -0.1) is 0 Å². The number of esters is 1. The fourth-order valence-corrected chi connectivity index (χ4v) is 4.58. The van der Waals surface area contributed by atoms with Gasteiger partial charge in [0.2, 0.25) is 5.91 Å². The van der Waals surface area contributed by atoms with Crippen LogP contribution in [0.5, 0.6) is 5.75 Å². The third kappa shape index (κ3) is 6.45. The number of nitrogens with one attached hydrogen (secondary N) is 1. The van der Waals surface area contributed by atoms with E-state index in [1.807, 2.05) is 0 Å². The molecule has 1 heterocycles. The van der Waals surface area contributed by atoms with Crippen molar-refractivity contribution >= 4 is 23.5 Å². The van der Waals surface area contributed by atoms with E-state index >= 15 is 0 Å². The molecule has 1 aromatic carbocycles. The average Bonchev–Trinajstić information content (AvgIpc) is 3.11. The second-order valence-electron chi connectivity index (χ2n) is 8.56. The summed E-state index contributed by atoms with van der Waals surface area (Å²) in [6, 6.07) is 5.35. The molecule has 8 heteroatoms. The number of hydrogen-bond donors (Lipinski definition) is 2. The monoisotopic (exact) mass is 446 g/mol. The molecule has 1 fully saturated rings. The minimum Gasteiger partial charge on any atom is -0.489 e. The smallest absolute Gasteiger partial charge is 0.323 e. The number of aliphatic carboxylic acids is 1. The Kier molecular flexibility index (Phi) is 8.90. The van der Waals surface area contributed by atoms with Crippen LogP contribution < -0.4 is 15.0 Å². The van der Waals surface area contributed by atoms with Gasteiger partial charge in [-0.05, 0) is 37.8 Å². The van der Waals surface area contributed by atoms with Crippen molar-refractivity contribution in [2.45, 2.75) is 70.4 Å². The Bertz CT molecular complexity index is 790. The van der Waals surface area contributed by atoms with Crippen molar-refractivity contribution in [2.75, 3.05) is 24.7 Å². The first kappa shape index (κ1) is 24.0. The summed E-state index contributed by atoms with van der Waals surface area (Å²) in [6.45, 7) is 1.53. The van der Waals surface area contributed by atoms with Gasteiger partial charge in [-0.1, -0.05) is 50.7 Å². The Morgan fingerprint density at radius 3 is 2.62 bits per heavy atom. The second-order valence-corrected chi connectivity index (χ2v) is 8.56. The number of benzene rings is 1. The minimum atomic E-state index is -1.12.